The number of fused-ring (bicyclic) bond motifs is 3. The molecule has 1 aromatic heterocycles. The monoisotopic (exact) mass is 458 g/mol. The highest BCUT2D eigenvalue weighted by Crippen LogP contribution is 2.47. The van der Waals surface area contributed by atoms with Crippen molar-refractivity contribution < 1.29 is 47.3 Å². The van der Waals surface area contributed by atoms with Gasteiger partial charge in [-0.25, -0.2) is 4.79 Å². The fourth-order valence-electron chi connectivity index (χ4n) is 3.17. The SMILES string of the molecule is COc1cc2oc(=O)c3c(OC(C)=O)cc(OC(C)=O)cc3c2c(OC(C)=O)c1OC(C)=O. The number of carbonyl (C=O) groups excluding carboxylic acids is 4. The summed E-state index contributed by atoms with van der Waals surface area (Å²) < 4.78 is 31.4. The summed E-state index contributed by atoms with van der Waals surface area (Å²) in [5.41, 5.74) is -1.01. The smallest absolute Gasteiger partial charge is 0.348 e. The molecule has 172 valence electrons. The van der Waals surface area contributed by atoms with Crippen LogP contribution in [0.25, 0.3) is 21.7 Å². The maximum atomic E-state index is 12.8. The van der Waals surface area contributed by atoms with E-state index in [0.29, 0.717) is 0 Å². The van der Waals surface area contributed by atoms with Gasteiger partial charge in [0.2, 0.25) is 5.75 Å². The Labute approximate surface area is 185 Å². The van der Waals surface area contributed by atoms with E-state index >= 15 is 0 Å². The normalized spacial score (nSPS) is 10.6. The molecule has 3 aromatic rings. The second-order valence-electron chi connectivity index (χ2n) is 6.72. The lowest BCUT2D eigenvalue weighted by atomic mass is 10.0. The van der Waals surface area contributed by atoms with Crippen LogP contribution in [0.1, 0.15) is 27.7 Å². The zero-order valence-corrected chi connectivity index (χ0v) is 18.2. The Hall–Kier alpha value is -4.41. The van der Waals surface area contributed by atoms with Gasteiger partial charge in [-0.1, -0.05) is 0 Å². The second-order valence-corrected chi connectivity index (χ2v) is 6.72. The number of benzene rings is 2. The van der Waals surface area contributed by atoms with Crippen LogP contribution in [0.2, 0.25) is 0 Å². The Kier molecular flexibility index (Phi) is 6.33. The first-order chi connectivity index (χ1) is 15.5. The number of ether oxygens (including phenoxy) is 5. The highest BCUT2D eigenvalue weighted by molar-refractivity contribution is 6.12. The van der Waals surface area contributed by atoms with Crippen LogP contribution < -0.4 is 29.3 Å². The van der Waals surface area contributed by atoms with E-state index in [1.807, 2.05) is 0 Å². The van der Waals surface area contributed by atoms with E-state index < -0.39 is 29.5 Å². The highest BCUT2D eigenvalue weighted by Gasteiger charge is 2.26. The standard InChI is InChI=1S/C22H18O11/c1-9(23)29-13-6-14-18-16(33-22(27)19(14)15(7-13)30-10(2)24)8-17(28-5)20(31-11(3)25)21(18)32-12(4)26/h6-8H,1-5H3. The van der Waals surface area contributed by atoms with Crippen LogP contribution in [-0.2, 0) is 19.2 Å². The summed E-state index contributed by atoms with van der Waals surface area (Å²) in [6.45, 7) is 4.50. The molecule has 0 spiro atoms. The molecule has 0 aliphatic rings. The van der Waals surface area contributed by atoms with E-state index in [1.165, 1.54) is 19.2 Å². The fourth-order valence-corrected chi connectivity index (χ4v) is 3.17. The van der Waals surface area contributed by atoms with Crippen molar-refractivity contribution in [1.29, 1.82) is 0 Å². The largest absolute Gasteiger partial charge is 0.493 e. The van der Waals surface area contributed by atoms with Crippen LogP contribution in [0.4, 0.5) is 0 Å². The molecule has 11 heteroatoms. The third-order valence-corrected chi connectivity index (χ3v) is 4.14. The molecule has 0 saturated heterocycles. The van der Waals surface area contributed by atoms with Gasteiger partial charge in [-0.3, -0.25) is 19.2 Å². The molecule has 0 unspecified atom stereocenters. The zero-order chi connectivity index (χ0) is 24.4. The van der Waals surface area contributed by atoms with Crippen molar-refractivity contribution in [3.63, 3.8) is 0 Å². The number of esters is 4. The summed E-state index contributed by atoms with van der Waals surface area (Å²) in [6.07, 6.45) is 0. The lowest BCUT2D eigenvalue weighted by Crippen LogP contribution is -2.11. The minimum atomic E-state index is -0.904. The van der Waals surface area contributed by atoms with E-state index in [1.54, 1.807) is 0 Å². The summed E-state index contributed by atoms with van der Waals surface area (Å²) in [6, 6.07) is 3.71. The third kappa shape index (κ3) is 4.76. The van der Waals surface area contributed by atoms with Gasteiger partial charge >= 0.3 is 29.5 Å². The predicted octanol–water partition coefficient (Wildman–Crippen LogP) is 2.66. The van der Waals surface area contributed by atoms with Gasteiger partial charge in [-0.2, -0.15) is 0 Å². The number of carbonyl (C=O) groups is 4. The molecule has 0 aliphatic heterocycles. The maximum absolute atomic E-state index is 12.8. The lowest BCUT2D eigenvalue weighted by Gasteiger charge is -2.17. The molecule has 0 fully saturated rings. The van der Waals surface area contributed by atoms with Gasteiger partial charge < -0.3 is 28.1 Å². The minimum absolute atomic E-state index is 0.000691. The first kappa shape index (κ1) is 23.3. The van der Waals surface area contributed by atoms with Crippen LogP contribution in [0, 0.1) is 0 Å². The molecule has 0 amide bonds. The summed E-state index contributed by atoms with van der Waals surface area (Å²) in [7, 11) is 1.27. The third-order valence-electron chi connectivity index (χ3n) is 4.14. The summed E-state index contributed by atoms with van der Waals surface area (Å²) in [5.74, 6) is -3.92. The molecule has 0 aliphatic carbocycles. The number of methoxy groups -OCH3 is 1. The van der Waals surface area contributed by atoms with Crippen molar-refractivity contribution in [2.45, 2.75) is 27.7 Å². The van der Waals surface area contributed by atoms with Crippen LogP contribution in [0.3, 0.4) is 0 Å². The Morgan fingerprint density at radius 3 is 1.82 bits per heavy atom. The first-order valence-electron chi connectivity index (χ1n) is 9.41. The topological polar surface area (TPSA) is 145 Å². The first-order valence-corrected chi connectivity index (χ1v) is 9.41. The van der Waals surface area contributed by atoms with E-state index in [4.69, 9.17) is 28.1 Å². The average Bonchev–Trinajstić information content (AvgIpc) is 2.67. The predicted molar refractivity (Wildman–Crippen MR) is 112 cm³/mol. The van der Waals surface area contributed by atoms with E-state index in [2.05, 4.69) is 0 Å². The van der Waals surface area contributed by atoms with Crippen molar-refractivity contribution in [2.75, 3.05) is 7.11 Å². The van der Waals surface area contributed by atoms with Gasteiger partial charge in [-0.05, 0) is 6.07 Å². The van der Waals surface area contributed by atoms with Gasteiger partial charge in [0.1, 0.15) is 22.5 Å². The number of hydrogen-bond donors (Lipinski definition) is 0. The van der Waals surface area contributed by atoms with Gasteiger partial charge in [0.15, 0.2) is 11.5 Å². The maximum Gasteiger partial charge on any atom is 0.348 e. The Morgan fingerprint density at radius 1 is 0.697 bits per heavy atom. The van der Waals surface area contributed by atoms with Crippen LogP contribution in [0.15, 0.2) is 27.4 Å². The molecule has 1 heterocycles. The molecule has 0 N–H and O–H groups in total. The van der Waals surface area contributed by atoms with Gasteiger partial charge in [0.25, 0.3) is 0 Å². The van der Waals surface area contributed by atoms with Crippen LogP contribution in [-0.4, -0.2) is 31.0 Å². The minimum Gasteiger partial charge on any atom is -0.493 e. The van der Waals surface area contributed by atoms with Crippen molar-refractivity contribution in [2.24, 2.45) is 0 Å². The molecule has 0 saturated carbocycles. The molecular weight excluding hydrogens is 440 g/mol. The fraction of sp³-hybridized carbons (Fsp3) is 0.227. The van der Waals surface area contributed by atoms with E-state index in [9.17, 15) is 24.0 Å². The zero-order valence-electron chi connectivity index (χ0n) is 18.2. The van der Waals surface area contributed by atoms with Crippen LogP contribution >= 0.6 is 0 Å². The molecule has 2 aromatic carbocycles. The quantitative estimate of drug-likeness (QED) is 0.241. The molecule has 3 rings (SSSR count). The Balaban J connectivity index is 2.59. The van der Waals surface area contributed by atoms with Gasteiger partial charge in [0, 0.05) is 45.2 Å². The van der Waals surface area contributed by atoms with Gasteiger partial charge in [-0.15, -0.1) is 0 Å². The van der Waals surface area contributed by atoms with Crippen molar-refractivity contribution in [3.8, 4) is 28.7 Å². The lowest BCUT2D eigenvalue weighted by molar-refractivity contribution is -0.134. The summed E-state index contributed by atoms with van der Waals surface area (Å²) in [5, 5.41) is -0.177. The molecule has 0 bridgehead atoms. The highest BCUT2D eigenvalue weighted by atomic mass is 16.6. The Bertz CT molecular complexity index is 1380. The molecule has 33 heavy (non-hydrogen) atoms. The van der Waals surface area contributed by atoms with E-state index in [-0.39, 0.29) is 50.5 Å². The van der Waals surface area contributed by atoms with Crippen molar-refractivity contribution in [3.05, 3.63) is 28.6 Å². The van der Waals surface area contributed by atoms with Crippen molar-refractivity contribution in [1.82, 2.24) is 0 Å². The average molecular weight is 458 g/mol. The van der Waals surface area contributed by atoms with Gasteiger partial charge in [0.05, 0.1) is 12.5 Å². The van der Waals surface area contributed by atoms with Crippen molar-refractivity contribution >= 4 is 45.6 Å². The molecule has 11 nitrogen and oxygen atoms in total. The van der Waals surface area contributed by atoms with Crippen LogP contribution in [0.5, 0.6) is 28.7 Å². The van der Waals surface area contributed by atoms with E-state index in [0.717, 1.165) is 33.8 Å². The summed E-state index contributed by atoms with van der Waals surface area (Å²) >= 11 is 0. The number of hydrogen-bond acceptors (Lipinski definition) is 11. The molecule has 0 radical (unpaired) electrons. The summed E-state index contributed by atoms with van der Waals surface area (Å²) in [4.78, 5) is 59.6. The molecular formula is C22H18O11. The molecule has 0 atom stereocenters. The number of rotatable bonds is 5. The Morgan fingerprint density at radius 2 is 1.27 bits per heavy atom. The second kappa shape index (κ2) is 8.99.